The van der Waals surface area contributed by atoms with Gasteiger partial charge in [-0.3, -0.25) is 4.79 Å². The Bertz CT molecular complexity index is 498. The molecule has 1 unspecified atom stereocenters. The van der Waals surface area contributed by atoms with Crippen LogP contribution in [0.3, 0.4) is 0 Å². The highest BCUT2D eigenvalue weighted by atomic mass is 16.5. The topological polar surface area (TPSA) is 81.7 Å². The molecule has 0 amide bonds. The number of esters is 1. The van der Waals surface area contributed by atoms with Gasteiger partial charge in [0.2, 0.25) is 0 Å². The summed E-state index contributed by atoms with van der Waals surface area (Å²) in [5.41, 5.74) is 0.762. The van der Waals surface area contributed by atoms with Gasteiger partial charge in [-0.05, 0) is 25.1 Å². The van der Waals surface area contributed by atoms with Crippen molar-refractivity contribution in [1.29, 1.82) is 0 Å². The average Bonchev–Trinajstić information content (AvgIpc) is 2.43. The Labute approximate surface area is 110 Å². The summed E-state index contributed by atoms with van der Waals surface area (Å²) < 4.78 is 9.70. The molecule has 0 aliphatic carbocycles. The highest BCUT2D eigenvalue weighted by Crippen LogP contribution is 2.26. The molecule has 0 aliphatic rings. The first-order valence-electron chi connectivity index (χ1n) is 5.52. The molecular weight excluding hydrogens is 250 g/mol. The zero-order chi connectivity index (χ0) is 14.4. The van der Waals surface area contributed by atoms with Gasteiger partial charge < -0.3 is 19.6 Å². The van der Waals surface area contributed by atoms with Gasteiger partial charge in [0.1, 0.15) is 18.1 Å². The number of methoxy groups -OCH3 is 2. The van der Waals surface area contributed by atoms with E-state index in [1.54, 1.807) is 6.07 Å². The predicted octanol–water partition coefficient (Wildman–Crippen LogP) is 1.05. The summed E-state index contributed by atoms with van der Waals surface area (Å²) in [5.74, 6) is -0.464. The number of carbonyl (C=O) groups is 3. The molecule has 19 heavy (non-hydrogen) atoms. The van der Waals surface area contributed by atoms with Gasteiger partial charge in [-0.25, -0.2) is 4.79 Å². The number of hydrogen-bond acceptors (Lipinski definition) is 6. The van der Waals surface area contributed by atoms with Crippen LogP contribution in [0, 0.1) is 0 Å². The van der Waals surface area contributed by atoms with Crippen LogP contribution in [-0.2, 0) is 14.3 Å². The number of anilines is 1. The maximum atomic E-state index is 11.4. The highest BCUT2D eigenvalue weighted by molar-refractivity contribution is 5.99. The summed E-state index contributed by atoms with van der Waals surface area (Å²) >= 11 is 0. The van der Waals surface area contributed by atoms with E-state index in [2.05, 4.69) is 10.1 Å². The Kier molecular flexibility index (Phi) is 5.05. The van der Waals surface area contributed by atoms with Crippen LogP contribution in [0.4, 0.5) is 5.69 Å². The van der Waals surface area contributed by atoms with Crippen molar-refractivity contribution in [2.24, 2.45) is 0 Å². The second kappa shape index (κ2) is 6.53. The summed E-state index contributed by atoms with van der Waals surface area (Å²) in [6.07, 6.45) is 0.510. The van der Waals surface area contributed by atoms with Crippen LogP contribution in [0.25, 0.3) is 0 Å². The first-order valence-corrected chi connectivity index (χ1v) is 5.52. The minimum Gasteiger partial charge on any atom is -0.495 e. The van der Waals surface area contributed by atoms with E-state index < -0.39 is 12.0 Å². The van der Waals surface area contributed by atoms with Crippen molar-refractivity contribution in [3.8, 4) is 5.75 Å². The number of aldehydes is 1. The number of hydrogen-bond donors (Lipinski definition) is 1. The van der Waals surface area contributed by atoms with Gasteiger partial charge >= 0.3 is 5.97 Å². The number of ketones is 1. The molecule has 6 heteroatoms. The predicted molar refractivity (Wildman–Crippen MR) is 68.5 cm³/mol. The lowest BCUT2D eigenvalue weighted by Gasteiger charge is -2.15. The maximum absolute atomic E-state index is 11.4. The lowest BCUT2D eigenvalue weighted by Crippen LogP contribution is -2.29. The van der Waals surface area contributed by atoms with Crippen molar-refractivity contribution < 1.29 is 23.9 Å². The molecule has 0 heterocycles. The molecule has 6 nitrogen and oxygen atoms in total. The Balaban J connectivity index is 3.05. The minimum absolute atomic E-state index is 0.311. The molecule has 0 radical (unpaired) electrons. The summed E-state index contributed by atoms with van der Waals surface area (Å²) in [7, 11) is 2.70. The maximum Gasteiger partial charge on any atom is 0.337 e. The van der Waals surface area contributed by atoms with Gasteiger partial charge in [0.25, 0.3) is 0 Å². The van der Waals surface area contributed by atoms with Crippen molar-refractivity contribution in [3.05, 3.63) is 23.8 Å². The summed E-state index contributed by atoms with van der Waals surface area (Å²) in [4.78, 5) is 33.3. The van der Waals surface area contributed by atoms with Crippen molar-refractivity contribution in [3.63, 3.8) is 0 Å². The second-order valence-corrected chi connectivity index (χ2v) is 3.78. The normalized spacial score (nSPS) is 11.3. The van der Waals surface area contributed by atoms with E-state index in [1.807, 2.05) is 0 Å². The SMILES string of the molecule is COC(=O)c1ccc(NC(C=O)C(C)=O)c(OC)c1. The third kappa shape index (κ3) is 3.54. The molecular formula is C13H15NO5. The van der Waals surface area contributed by atoms with Crippen molar-refractivity contribution in [1.82, 2.24) is 0 Å². The largest absolute Gasteiger partial charge is 0.495 e. The fourth-order valence-corrected chi connectivity index (χ4v) is 1.45. The zero-order valence-electron chi connectivity index (χ0n) is 10.9. The fourth-order valence-electron chi connectivity index (χ4n) is 1.45. The smallest absolute Gasteiger partial charge is 0.337 e. The van der Waals surface area contributed by atoms with Crippen molar-refractivity contribution in [2.45, 2.75) is 13.0 Å². The van der Waals surface area contributed by atoms with E-state index in [-0.39, 0.29) is 5.78 Å². The quantitative estimate of drug-likeness (QED) is 0.470. The molecule has 0 bridgehead atoms. The molecule has 0 aliphatic heterocycles. The summed E-state index contributed by atoms with van der Waals surface area (Å²) in [6.45, 7) is 1.31. The number of nitrogens with one attached hydrogen (secondary N) is 1. The number of carbonyl (C=O) groups excluding carboxylic acids is 3. The van der Waals surface area contributed by atoms with Gasteiger partial charge in [-0.2, -0.15) is 0 Å². The van der Waals surface area contributed by atoms with E-state index in [0.717, 1.165) is 0 Å². The van der Waals surface area contributed by atoms with Crippen LogP contribution < -0.4 is 10.1 Å². The molecule has 102 valence electrons. The Morgan fingerprint density at radius 2 is 2.00 bits per heavy atom. The number of rotatable bonds is 6. The molecule has 0 aromatic heterocycles. The Morgan fingerprint density at radius 3 is 2.47 bits per heavy atom. The van der Waals surface area contributed by atoms with Crippen LogP contribution in [-0.4, -0.2) is 38.3 Å². The molecule has 1 rings (SSSR count). The molecule has 1 aromatic carbocycles. The van der Waals surface area contributed by atoms with E-state index in [9.17, 15) is 14.4 Å². The van der Waals surface area contributed by atoms with Gasteiger partial charge in [-0.1, -0.05) is 0 Å². The monoisotopic (exact) mass is 265 g/mol. The summed E-state index contributed by atoms with van der Waals surface area (Å²) in [5, 5.41) is 2.74. The third-order valence-electron chi connectivity index (χ3n) is 2.51. The first kappa shape index (κ1) is 14.7. The van der Waals surface area contributed by atoms with Gasteiger partial charge in [0.05, 0.1) is 25.5 Å². The van der Waals surface area contributed by atoms with Crippen LogP contribution in [0.15, 0.2) is 18.2 Å². The highest BCUT2D eigenvalue weighted by Gasteiger charge is 2.16. The molecule has 0 saturated heterocycles. The molecule has 1 atom stereocenters. The second-order valence-electron chi connectivity index (χ2n) is 3.78. The molecule has 1 N–H and O–H groups in total. The number of Topliss-reactive ketones (excluding diaryl/α,β-unsaturated/α-hetero) is 1. The average molecular weight is 265 g/mol. The van der Waals surface area contributed by atoms with Crippen LogP contribution in [0.1, 0.15) is 17.3 Å². The fraction of sp³-hybridized carbons (Fsp3) is 0.308. The van der Waals surface area contributed by atoms with E-state index >= 15 is 0 Å². The molecule has 0 saturated carbocycles. The van der Waals surface area contributed by atoms with Gasteiger partial charge in [0, 0.05) is 0 Å². The summed E-state index contributed by atoms with van der Waals surface area (Å²) in [6, 6.07) is 3.58. The van der Waals surface area contributed by atoms with Gasteiger partial charge in [-0.15, -0.1) is 0 Å². The van der Waals surface area contributed by atoms with Crippen molar-refractivity contribution >= 4 is 23.7 Å². The first-order chi connectivity index (χ1) is 9.03. The van der Waals surface area contributed by atoms with E-state index in [1.165, 1.54) is 33.3 Å². The Morgan fingerprint density at radius 1 is 1.32 bits per heavy atom. The van der Waals surface area contributed by atoms with E-state index in [4.69, 9.17) is 4.74 Å². The molecule has 0 spiro atoms. The van der Waals surface area contributed by atoms with Crippen LogP contribution in [0.2, 0.25) is 0 Å². The lowest BCUT2D eigenvalue weighted by molar-refractivity contribution is -0.121. The Hall–Kier alpha value is -2.37. The van der Waals surface area contributed by atoms with E-state index in [0.29, 0.717) is 23.3 Å². The molecule has 0 fully saturated rings. The van der Waals surface area contributed by atoms with Gasteiger partial charge in [0.15, 0.2) is 5.78 Å². The standard InChI is InChI=1S/C13H15NO5/c1-8(16)11(7-15)14-10-5-4-9(13(17)19-3)6-12(10)18-2/h4-7,11,14H,1-3H3. The third-order valence-corrected chi connectivity index (χ3v) is 2.51. The van der Waals surface area contributed by atoms with Crippen molar-refractivity contribution in [2.75, 3.05) is 19.5 Å². The minimum atomic E-state index is -0.946. The van der Waals surface area contributed by atoms with Crippen LogP contribution in [0.5, 0.6) is 5.75 Å². The zero-order valence-corrected chi connectivity index (χ0v) is 10.9. The molecule has 1 aromatic rings. The number of benzene rings is 1. The number of ether oxygens (including phenoxy) is 2. The van der Waals surface area contributed by atoms with Crippen LogP contribution >= 0.6 is 0 Å². The lowest BCUT2D eigenvalue weighted by atomic mass is 10.1.